The molecule has 3 aromatic rings. The fourth-order valence-electron chi connectivity index (χ4n) is 2.79. The molecule has 2 aromatic carbocycles. The van der Waals surface area contributed by atoms with E-state index < -0.39 is 0 Å². The molecule has 0 N–H and O–H groups in total. The van der Waals surface area contributed by atoms with Gasteiger partial charge >= 0.3 is 0 Å². The minimum absolute atomic E-state index is 0.0733. The number of ketones is 1. The molecule has 1 heterocycles. The number of benzene rings is 2. The molecule has 0 amide bonds. The summed E-state index contributed by atoms with van der Waals surface area (Å²) in [5.41, 5.74) is 2.77. The lowest BCUT2D eigenvalue weighted by molar-refractivity contribution is 0.0994. The van der Waals surface area contributed by atoms with Crippen molar-refractivity contribution in [1.82, 2.24) is 14.8 Å². The van der Waals surface area contributed by atoms with Gasteiger partial charge in [0.05, 0.1) is 12.4 Å². The number of hydrogen-bond acceptors (Lipinski definition) is 5. The maximum absolute atomic E-state index is 12.8. The van der Waals surface area contributed by atoms with E-state index in [2.05, 4.69) is 16.8 Å². The van der Waals surface area contributed by atoms with Gasteiger partial charge in [0.15, 0.2) is 16.8 Å². The second-order valence-corrected chi connectivity index (χ2v) is 7.73. The van der Waals surface area contributed by atoms with Gasteiger partial charge < -0.3 is 4.74 Å². The van der Waals surface area contributed by atoms with Crippen molar-refractivity contribution in [2.75, 3.05) is 7.11 Å². The van der Waals surface area contributed by atoms with Crippen molar-refractivity contribution in [2.24, 2.45) is 0 Å². The lowest BCUT2D eigenvalue weighted by atomic mass is 10.1. The zero-order valence-corrected chi connectivity index (χ0v) is 17.1. The van der Waals surface area contributed by atoms with Gasteiger partial charge in [-0.3, -0.25) is 9.36 Å². The zero-order chi connectivity index (χ0) is 20.1. The third-order valence-electron chi connectivity index (χ3n) is 4.36. The molecule has 1 aromatic heterocycles. The molecule has 6 heteroatoms. The van der Waals surface area contributed by atoms with E-state index >= 15 is 0 Å². The molecule has 0 aliphatic carbocycles. The van der Waals surface area contributed by atoms with Crippen molar-refractivity contribution >= 4 is 17.5 Å². The van der Waals surface area contributed by atoms with Gasteiger partial charge in [0.25, 0.3) is 0 Å². The summed E-state index contributed by atoms with van der Waals surface area (Å²) in [5, 5.41) is 9.09. The predicted octanol–water partition coefficient (Wildman–Crippen LogP) is 4.81. The van der Waals surface area contributed by atoms with Crippen LogP contribution in [0.25, 0.3) is 11.4 Å². The molecule has 0 radical (unpaired) electrons. The number of Topliss-reactive ketones (excluding diaryl/α,β-unsaturated/α-hetero) is 1. The Bertz CT molecular complexity index is 962. The number of hydrogen-bond donors (Lipinski definition) is 0. The maximum atomic E-state index is 12.8. The Hall–Kier alpha value is -2.86. The molecule has 1 atom stereocenters. The normalized spacial score (nSPS) is 11.8. The highest BCUT2D eigenvalue weighted by Crippen LogP contribution is 2.29. The van der Waals surface area contributed by atoms with Gasteiger partial charge in [-0.15, -0.1) is 16.8 Å². The highest BCUT2D eigenvalue weighted by molar-refractivity contribution is 8.00. The van der Waals surface area contributed by atoms with Gasteiger partial charge in [0, 0.05) is 17.7 Å². The van der Waals surface area contributed by atoms with E-state index in [9.17, 15) is 4.79 Å². The lowest BCUT2D eigenvalue weighted by Crippen LogP contribution is -2.14. The van der Waals surface area contributed by atoms with E-state index in [1.807, 2.05) is 66.9 Å². The fraction of sp³-hybridized carbons (Fsp3) is 0.227. The zero-order valence-electron chi connectivity index (χ0n) is 16.3. The molecule has 0 spiro atoms. The molecule has 0 fully saturated rings. The van der Waals surface area contributed by atoms with Gasteiger partial charge in [-0.25, -0.2) is 0 Å². The SMILES string of the molecule is C=CCn1c(S[C@@H](C)C(=O)c2ccc(C)cc2)nnc1-c1ccc(OC)cc1. The number of rotatable bonds is 8. The van der Waals surface area contributed by atoms with Crippen molar-refractivity contribution in [3.63, 3.8) is 0 Å². The van der Waals surface area contributed by atoms with Crippen LogP contribution in [-0.2, 0) is 6.54 Å². The first-order valence-electron chi connectivity index (χ1n) is 8.99. The number of aryl methyl sites for hydroxylation is 1. The van der Waals surface area contributed by atoms with E-state index in [0.29, 0.717) is 17.3 Å². The van der Waals surface area contributed by atoms with Crippen LogP contribution >= 0.6 is 11.8 Å². The minimum Gasteiger partial charge on any atom is -0.497 e. The predicted molar refractivity (Wildman–Crippen MR) is 113 cm³/mol. The minimum atomic E-state index is -0.279. The van der Waals surface area contributed by atoms with Crippen LogP contribution in [0.3, 0.4) is 0 Å². The van der Waals surface area contributed by atoms with Crippen LogP contribution in [0.1, 0.15) is 22.8 Å². The molecule has 0 saturated carbocycles. The first kappa shape index (κ1) is 19.9. The summed E-state index contributed by atoms with van der Waals surface area (Å²) >= 11 is 1.41. The quantitative estimate of drug-likeness (QED) is 0.312. The number of nitrogens with zero attached hydrogens (tertiary/aromatic N) is 3. The molecule has 0 unspecified atom stereocenters. The van der Waals surface area contributed by atoms with E-state index in [4.69, 9.17) is 4.74 Å². The molecular formula is C22H23N3O2S. The van der Waals surface area contributed by atoms with Gasteiger partial charge in [0.2, 0.25) is 0 Å². The molecule has 28 heavy (non-hydrogen) atoms. The van der Waals surface area contributed by atoms with Crippen molar-refractivity contribution < 1.29 is 9.53 Å². The maximum Gasteiger partial charge on any atom is 0.192 e. The summed E-state index contributed by atoms with van der Waals surface area (Å²) < 4.78 is 7.19. The number of ether oxygens (including phenoxy) is 1. The molecular weight excluding hydrogens is 370 g/mol. The average molecular weight is 394 g/mol. The Kier molecular flexibility index (Phi) is 6.31. The number of methoxy groups -OCH3 is 1. The third kappa shape index (κ3) is 4.34. The molecule has 144 valence electrons. The average Bonchev–Trinajstić information content (AvgIpc) is 3.10. The number of aromatic nitrogens is 3. The van der Waals surface area contributed by atoms with Crippen molar-refractivity contribution in [3.05, 3.63) is 72.3 Å². The summed E-state index contributed by atoms with van der Waals surface area (Å²) in [6, 6.07) is 15.3. The molecule has 0 bridgehead atoms. The van der Waals surface area contributed by atoms with Gasteiger partial charge in [-0.1, -0.05) is 47.7 Å². The van der Waals surface area contributed by atoms with Crippen LogP contribution in [0.2, 0.25) is 0 Å². The lowest BCUT2D eigenvalue weighted by Gasteiger charge is -2.12. The van der Waals surface area contributed by atoms with E-state index in [1.54, 1.807) is 13.2 Å². The standard InChI is InChI=1S/C22H23N3O2S/c1-5-14-25-21(18-10-12-19(27-4)13-11-18)23-24-22(25)28-16(3)20(26)17-8-6-15(2)7-9-17/h5-13,16H,1,14H2,2-4H3/t16-/m0/s1. The summed E-state index contributed by atoms with van der Waals surface area (Å²) in [6.07, 6.45) is 1.80. The summed E-state index contributed by atoms with van der Waals surface area (Å²) in [4.78, 5) is 12.8. The van der Waals surface area contributed by atoms with E-state index in [0.717, 1.165) is 22.7 Å². The van der Waals surface area contributed by atoms with Crippen molar-refractivity contribution in [2.45, 2.75) is 30.8 Å². The second-order valence-electron chi connectivity index (χ2n) is 6.42. The number of carbonyl (C=O) groups excluding carboxylic acids is 1. The largest absolute Gasteiger partial charge is 0.497 e. The highest BCUT2D eigenvalue weighted by atomic mass is 32.2. The Morgan fingerprint density at radius 2 is 1.86 bits per heavy atom. The number of allylic oxidation sites excluding steroid dienone is 1. The van der Waals surface area contributed by atoms with Crippen molar-refractivity contribution in [1.29, 1.82) is 0 Å². The number of thioether (sulfide) groups is 1. The topological polar surface area (TPSA) is 57.0 Å². The summed E-state index contributed by atoms with van der Waals surface area (Å²) in [5.74, 6) is 1.59. The second kappa shape index (κ2) is 8.89. The van der Waals surface area contributed by atoms with Crippen LogP contribution in [-0.4, -0.2) is 32.9 Å². The molecule has 3 rings (SSSR count). The van der Waals surface area contributed by atoms with Crippen LogP contribution in [0.4, 0.5) is 0 Å². The number of carbonyl (C=O) groups is 1. The first-order chi connectivity index (χ1) is 13.5. The third-order valence-corrected chi connectivity index (χ3v) is 5.44. The van der Waals surface area contributed by atoms with E-state index in [1.165, 1.54) is 11.8 Å². The fourth-order valence-corrected chi connectivity index (χ4v) is 3.72. The van der Waals surface area contributed by atoms with Crippen molar-refractivity contribution in [3.8, 4) is 17.1 Å². The first-order valence-corrected chi connectivity index (χ1v) is 9.87. The Balaban J connectivity index is 1.85. The van der Waals surface area contributed by atoms with E-state index in [-0.39, 0.29) is 11.0 Å². The van der Waals surface area contributed by atoms with Gasteiger partial charge in [-0.05, 0) is 38.1 Å². The van der Waals surface area contributed by atoms with Crippen LogP contribution in [0, 0.1) is 6.92 Å². The smallest absolute Gasteiger partial charge is 0.192 e. The molecule has 0 aliphatic rings. The monoisotopic (exact) mass is 393 g/mol. The molecule has 0 saturated heterocycles. The summed E-state index contributed by atoms with van der Waals surface area (Å²) in [6.45, 7) is 8.29. The van der Waals surface area contributed by atoms with Crippen LogP contribution in [0.5, 0.6) is 5.75 Å². The molecule has 0 aliphatic heterocycles. The van der Waals surface area contributed by atoms with Crippen LogP contribution < -0.4 is 4.74 Å². The summed E-state index contributed by atoms with van der Waals surface area (Å²) in [7, 11) is 1.64. The van der Waals surface area contributed by atoms with Gasteiger partial charge in [0.1, 0.15) is 5.75 Å². The molecule has 5 nitrogen and oxygen atoms in total. The van der Waals surface area contributed by atoms with Gasteiger partial charge in [-0.2, -0.15) is 0 Å². The van der Waals surface area contributed by atoms with Crippen LogP contribution in [0.15, 0.2) is 66.3 Å². The highest BCUT2D eigenvalue weighted by Gasteiger charge is 2.21. The Labute approximate surface area is 169 Å². The Morgan fingerprint density at radius 1 is 1.18 bits per heavy atom. The Morgan fingerprint density at radius 3 is 2.46 bits per heavy atom.